The number of hydrogen-bond donors (Lipinski definition) is 0. The van der Waals surface area contributed by atoms with Crippen molar-refractivity contribution in [3.05, 3.63) is 75.9 Å². The Labute approximate surface area is 161 Å². The summed E-state index contributed by atoms with van der Waals surface area (Å²) in [6, 6.07) is 13.7. The topological polar surface area (TPSA) is 56.0 Å². The van der Waals surface area contributed by atoms with Gasteiger partial charge in [-0.25, -0.2) is 14.8 Å². The highest BCUT2D eigenvalue weighted by atomic mass is 32.2. The van der Waals surface area contributed by atoms with Gasteiger partial charge in [0, 0.05) is 22.6 Å². The molecule has 0 unspecified atom stereocenters. The largest absolute Gasteiger partial charge is 0.423 e. The summed E-state index contributed by atoms with van der Waals surface area (Å²) in [6.07, 6.45) is 1.59. The highest BCUT2D eigenvalue weighted by Gasteiger charge is 2.12. The third-order valence-electron chi connectivity index (χ3n) is 4.71. The van der Waals surface area contributed by atoms with E-state index >= 15 is 0 Å². The minimum atomic E-state index is -0.317. The Morgan fingerprint density at radius 2 is 1.89 bits per heavy atom. The van der Waals surface area contributed by atoms with Crippen LogP contribution in [0.3, 0.4) is 0 Å². The van der Waals surface area contributed by atoms with E-state index in [1.54, 1.807) is 24.2 Å². The molecule has 5 heteroatoms. The summed E-state index contributed by atoms with van der Waals surface area (Å²) in [4.78, 5) is 20.8. The maximum Gasteiger partial charge on any atom is 0.336 e. The fourth-order valence-corrected chi connectivity index (χ4v) is 4.35. The van der Waals surface area contributed by atoms with Crippen molar-refractivity contribution in [1.82, 2.24) is 9.97 Å². The van der Waals surface area contributed by atoms with Crippen molar-refractivity contribution in [2.24, 2.45) is 0 Å². The van der Waals surface area contributed by atoms with Crippen LogP contribution in [0.1, 0.15) is 36.5 Å². The van der Waals surface area contributed by atoms with Gasteiger partial charge in [0.15, 0.2) is 0 Å². The van der Waals surface area contributed by atoms with Crippen molar-refractivity contribution < 1.29 is 4.42 Å². The van der Waals surface area contributed by atoms with Gasteiger partial charge < -0.3 is 4.42 Å². The van der Waals surface area contributed by atoms with Gasteiger partial charge in [0.2, 0.25) is 0 Å². The standard InChI is InChI=1S/C22H20N2O2S/c1-13(2)17-10-18-15(9-21(25)26-20(18)8-14(17)3)11-27-22-16-6-4-5-7-19(16)23-12-24-22/h4-10,12-13H,11H2,1-3H3. The van der Waals surface area contributed by atoms with Crippen molar-refractivity contribution >= 4 is 33.6 Å². The summed E-state index contributed by atoms with van der Waals surface area (Å²) >= 11 is 1.61. The summed E-state index contributed by atoms with van der Waals surface area (Å²) in [5.41, 5.74) is 4.64. The zero-order chi connectivity index (χ0) is 19.0. The van der Waals surface area contributed by atoms with Gasteiger partial charge in [0.05, 0.1) is 5.52 Å². The van der Waals surface area contributed by atoms with Crippen molar-refractivity contribution in [2.45, 2.75) is 37.5 Å². The van der Waals surface area contributed by atoms with Gasteiger partial charge in [0.1, 0.15) is 16.9 Å². The number of thioether (sulfide) groups is 1. The zero-order valence-corrected chi connectivity index (χ0v) is 16.3. The van der Waals surface area contributed by atoms with E-state index < -0.39 is 0 Å². The number of fused-ring (bicyclic) bond motifs is 2. The van der Waals surface area contributed by atoms with Crippen molar-refractivity contribution in [2.75, 3.05) is 0 Å². The number of benzene rings is 2. The Morgan fingerprint density at radius 3 is 2.70 bits per heavy atom. The molecule has 0 aliphatic heterocycles. The Bertz CT molecular complexity index is 1190. The summed E-state index contributed by atoms with van der Waals surface area (Å²) in [6.45, 7) is 6.41. The number of hydrogen-bond acceptors (Lipinski definition) is 5. The van der Waals surface area contributed by atoms with Crippen LogP contribution in [-0.2, 0) is 5.75 Å². The molecular weight excluding hydrogens is 356 g/mol. The predicted molar refractivity (Wildman–Crippen MR) is 110 cm³/mol. The van der Waals surface area contributed by atoms with Crippen LogP contribution < -0.4 is 5.63 Å². The molecule has 0 bridgehead atoms. The Morgan fingerprint density at radius 1 is 1.07 bits per heavy atom. The lowest BCUT2D eigenvalue weighted by molar-refractivity contribution is 0.559. The number of aryl methyl sites for hydroxylation is 1. The summed E-state index contributed by atoms with van der Waals surface area (Å²) < 4.78 is 5.45. The molecule has 0 amide bonds. The molecule has 0 spiro atoms. The lowest BCUT2D eigenvalue weighted by Crippen LogP contribution is -2.02. The van der Waals surface area contributed by atoms with Gasteiger partial charge in [-0.15, -0.1) is 11.8 Å². The minimum Gasteiger partial charge on any atom is -0.423 e. The SMILES string of the molecule is Cc1cc2oc(=O)cc(CSc3ncnc4ccccc34)c2cc1C(C)C. The second kappa shape index (κ2) is 7.16. The Hall–Kier alpha value is -2.66. The molecule has 0 radical (unpaired) electrons. The molecule has 2 aromatic heterocycles. The second-order valence-electron chi connectivity index (χ2n) is 6.93. The first-order valence-electron chi connectivity index (χ1n) is 8.93. The van der Waals surface area contributed by atoms with E-state index in [-0.39, 0.29) is 5.63 Å². The van der Waals surface area contributed by atoms with E-state index in [2.05, 4.69) is 36.8 Å². The molecule has 4 rings (SSSR count). The molecule has 0 fully saturated rings. The van der Waals surface area contributed by atoms with E-state index in [1.165, 1.54) is 5.56 Å². The fourth-order valence-electron chi connectivity index (χ4n) is 3.37. The fraction of sp³-hybridized carbons (Fsp3) is 0.227. The van der Waals surface area contributed by atoms with E-state index in [9.17, 15) is 4.79 Å². The van der Waals surface area contributed by atoms with Crippen LogP contribution >= 0.6 is 11.8 Å². The van der Waals surface area contributed by atoms with Crippen LogP contribution in [0.4, 0.5) is 0 Å². The van der Waals surface area contributed by atoms with Crippen LogP contribution in [0.5, 0.6) is 0 Å². The van der Waals surface area contributed by atoms with Gasteiger partial charge in [-0.2, -0.15) is 0 Å². The quantitative estimate of drug-likeness (QED) is 0.269. The van der Waals surface area contributed by atoms with E-state index in [4.69, 9.17) is 4.42 Å². The smallest absolute Gasteiger partial charge is 0.336 e. The molecule has 4 aromatic rings. The first-order chi connectivity index (χ1) is 13.0. The molecule has 0 saturated heterocycles. The maximum atomic E-state index is 12.1. The molecule has 2 aromatic carbocycles. The first-order valence-corrected chi connectivity index (χ1v) is 9.91. The van der Waals surface area contributed by atoms with Gasteiger partial charge in [-0.1, -0.05) is 32.0 Å². The maximum absolute atomic E-state index is 12.1. The summed E-state index contributed by atoms with van der Waals surface area (Å²) in [7, 11) is 0. The molecule has 0 aliphatic carbocycles. The van der Waals surface area contributed by atoms with Crippen LogP contribution in [0.2, 0.25) is 0 Å². The van der Waals surface area contributed by atoms with Gasteiger partial charge in [0.25, 0.3) is 0 Å². The van der Waals surface area contributed by atoms with Crippen molar-refractivity contribution in [3.8, 4) is 0 Å². The third-order valence-corrected chi connectivity index (χ3v) is 5.76. The third kappa shape index (κ3) is 3.47. The minimum absolute atomic E-state index is 0.317. The molecule has 2 heterocycles. The molecule has 27 heavy (non-hydrogen) atoms. The van der Waals surface area contributed by atoms with Gasteiger partial charge in [-0.05, 0) is 47.7 Å². The number of rotatable bonds is 4. The molecule has 136 valence electrons. The van der Waals surface area contributed by atoms with Gasteiger partial charge in [-0.3, -0.25) is 0 Å². The van der Waals surface area contributed by atoms with E-state index in [1.807, 2.05) is 30.3 Å². The average molecular weight is 376 g/mol. The monoisotopic (exact) mass is 376 g/mol. The van der Waals surface area contributed by atoms with Gasteiger partial charge >= 0.3 is 5.63 Å². The van der Waals surface area contributed by atoms with Crippen LogP contribution in [-0.4, -0.2) is 9.97 Å². The lowest BCUT2D eigenvalue weighted by atomic mass is 9.95. The molecule has 4 nitrogen and oxygen atoms in total. The summed E-state index contributed by atoms with van der Waals surface area (Å²) in [5.74, 6) is 1.05. The van der Waals surface area contributed by atoms with Crippen molar-refractivity contribution in [3.63, 3.8) is 0 Å². The highest BCUT2D eigenvalue weighted by Crippen LogP contribution is 2.31. The highest BCUT2D eigenvalue weighted by molar-refractivity contribution is 7.98. The van der Waals surface area contributed by atoms with Crippen LogP contribution in [0.25, 0.3) is 21.9 Å². The number of nitrogens with zero attached hydrogens (tertiary/aromatic N) is 2. The predicted octanol–water partition coefficient (Wildman–Crippen LogP) is 5.46. The normalized spacial score (nSPS) is 11.6. The van der Waals surface area contributed by atoms with E-state index in [0.29, 0.717) is 17.3 Å². The molecule has 0 aliphatic rings. The molecule has 0 saturated carbocycles. The molecule has 0 N–H and O–H groups in total. The van der Waals surface area contributed by atoms with E-state index in [0.717, 1.165) is 32.4 Å². The number of para-hydroxylation sites is 1. The number of aromatic nitrogens is 2. The van der Waals surface area contributed by atoms with Crippen LogP contribution in [0.15, 0.2) is 63.0 Å². The molecule has 0 atom stereocenters. The zero-order valence-electron chi connectivity index (χ0n) is 15.5. The molecular formula is C22H20N2O2S. The first kappa shape index (κ1) is 17.7. The van der Waals surface area contributed by atoms with Crippen LogP contribution in [0, 0.1) is 6.92 Å². The second-order valence-corrected chi connectivity index (χ2v) is 7.90. The average Bonchev–Trinajstić information content (AvgIpc) is 2.65. The summed E-state index contributed by atoms with van der Waals surface area (Å²) in [5, 5.41) is 2.93. The Kier molecular flexibility index (Phi) is 4.70. The van der Waals surface area contributed by atoms with Crippen molar-refractivity contribution in [1.29, 1.82) is 0 Å². The lowest BCUT2D eigenvalue weighted by Gasteiger charge is -2.13. The Balaban J connectivity index is 1.77.